The molecule has 0 bridgehead atoms. The molecule has 2 heterocycles. The van der Waals surface area contributed by atoms with E-state index in [9.17, 15) is 13.2 Å². The number of furan rings is 1. The van der Waals surface area contributed by atoms with Crippen LogP contribution < -0.4 is 5.32 Å². The van der Waals surface area contributed by atoms with Crippen LogP contribution in [0.4, 0.5) is 18.9 Å². The second-order valence-corrected chi connectivity index (χ2v) is 4.94. The standard InChI is InChI=1S/C14H9ClF3N3O2/c15-9-6-8(14(16,17)18)3-4-10(9)19-7-12-20-13(21-23-12)11-2-1-5-22-11/h1-6,19H,7H2. The number of anilines is 1. The van der Waals surface area contributed by atoms with Crippen molar-refractivity contribution in [3.63, 3.8) is 0 Å². The van der Waals surface area contributed by atoms with Crippen LogP contribution in [-0.4, -0.2) is 10.1 Å². The van der Waals surface area contributed by atoms with E-state index in [1.54, 1.807) is 12.1 Å². The third-order valence-electron chi connectivity index (χ3n) is 2.94. The molecule has 3 rings (SSSR count). The Hall–Kier alpha value is -2.48. The molecule has 0 spiro atoms. The monoisotopic (exact) mass is 343 g/mol. The highest BCUT2D eigenvalue weighted by Crippen LogP contribution is 2.33. The molecule has 0 unspecified atom stereocenters. The maximum absolute atomic E-state index is 12.6. The van der Waals surface area contributed by atoms with E-state index in [0.29, 0.717) is 11.4 Å². The van der Waals surface area contributed by atoms with Crippen molar-refractivity contribution in [3.05, 3.63) is 53.1 Å². The highest BCUT2D eigenvalue weighted by atomic mass is 35.5. The molecule has 0 amide bonds. The van der Waals surface area contributed by atoms with Gasteiger partial charge in [-0.05, 0) is 30.3 Å². The predicted octanol–water partition coefficient (Wildman–Crippen LogP) is 4.61. The lowest BCUT2D eigenvalue weighted by Crippen LogP contribution is -2.06. The Bertz CT molecular complexity index is 800. The average molecular weight is 344 g/mol. The van der Waals surface area contributed by atoms with Crippen LogP contribution in [0.2, 0.25) is 5.02 Å². The fraction of sp³-hybridized carbons (Fsp3) is 0.143. The number of nitrogens with zero attached hydrogens (tertiary/aromatic N) is 2. The van der Waals surface area contributed by atoms with Gasteiger partial charge in [0.1, 0.15) is 0 Å². The molecule has 2 aromatic heterocycles. The van der Waals surface area contributed by atoms with Crippen LogP contribution in [0.25, 0.3) is 11.6 Å². The summed E-state index contributed by atoms with van der Waals surface area (Å²) >= 11 is 5.84. The molecule has 0 saturated heterocycles. The molecule has 0 aliphatic carbocycles. The summed E-state index contributed by atoms with van der Waals surface area (Å²) in [6.07, 6.45) is -2.96. The normalized spacial score (nSPS) is 11.7. The zero-order chi connectivity index (χ0) is 16.4. The number of alkyl halides is 3. The van der Waals surface area contributed by atoms with Crippen LogP contribution >= 0.6 is 11.6 Å². The summed E-state index contributed by atoms with van der Waals surface area (Å²) in [6.45, 7) is 0.110. The Morgan fingerprint density at radius 2 is 2.04 bits per heavy atom. The van der Waals surface area contributed by atoms with Crippen molar-refractivity contribution in [2.75, 3.05) is 5.32 Å². The Morgan fingerprint density at radius 1 is 1.22 bits per heavy atom. The van der Waals surface area contributed by atoms with Crippen molar-refractivity contribution in [2.24, 2.45) is 0 Å². The number of halogens is 4. The lowest BCUT2D eigenvalue weighted by atomic mass is 10.2. The minimum absolute atomic E-state index is 0.0504. The van der Waals surface area contributed by atoms with E-state index in [4.69, 9.17) is 20.5 Å². The molecule has 0 aliphatic heterocycles. The Labute approximate surface area is 133 Å². The van der Waals surface area contributed by atoms with Crippen LogP contribution in [0.15, 0.2) is 45.5 Å². The second kappa shape index (κ2) is 5.96. The van der Waals surface area contributed by atoms with E-state index in [0.717, 1.165) is 12.1 Å². The third kappa shape index (κ3) is 3.48. The van der Waals surface area contributed by atoms with Gasteiger partial charge in [0.2, 0.25) is 11.7 Å². The van der Waals surface area contributed by atoms with Crippen molar-refractivity contribution in [3.8, 4) is 11.6 Å². The highest BCUT2D eigenvalue weighted by Gasteiger charge is 2.30. The van der Waals surface area contributed by atoms with Gasteiger partial charge in [-0.25, -0.2) is 0 Å². The number of hydrogen-bond donors (Lipinski definition) is 1. The Kier molecular flexibility index (Phi) is 3.99. The fourth-order valence-corrected chi connectivity index (χ4v) is 2.09. The number of rotatable bonds is 4. The number of hydrogen-bond acceptors (Lipinski definition) is 5. The van der Waals surface area contributed by atoms with E-state index < -0.39 is 11.7 Å². The number of nitrogens with one attached hydrogen (secondary N) is 1. The van der Waals surface area contributed by atoms with E-state index in [2.05, 4.69) is 15.5 Å². The molecule has 9 heteroatoms. The zero-order valence-corrected chi connectivity index (χ0v) is 12.1. The van der Waals surface area contributed by atoms with Crippen molar-refractivity contribution in [1.29, 1.82) is 0 Å². The van der Waals surface area contributed by atoms with Gasteiger partial charge in [0.05, 0.1) is 29.1 Å². The van der Waals surface area contributed by atoms with Crippen molar-refractivity contribution in [1.82, 2.24) is 10.1 Å². The summed E-state index contributed by atoms with van der Waals surface area (Å²) in [5.41, 5.74) is -0.483. The van der Waals surface area contributed by atoms with Gasteiger partial charge >= 0.3 is 6.18 Å². The molecule has 0 atom stereocenters. The molecule has 0 fully saturated rings. The van der Waals surface area contributed by atoms with Crippen LogP contribution in [-0.2, 0) is 12.7 Å². The smallest absolute Gasteiger partial charge is 0.416 e. The average Bonchev–Trinajstić information content (AvgIpc) is 3.16. The van der Waals surface area contributed by atoms with E-state index in [1.807, 2.05) is 0 Å². The Morgan fingerprint density at radius 3 is 2.70 bits per heavy atom. The minimum Gasteiger partial charge on any atom is -0.461 e. The van der Waals surface area contributed by atoms with Crippen molar-refractivity contribution >= 4 is 17.3 Å². The first-order valence-electron chi connectivity index (χ1n) is 6.40. The summed E-state index contributed by atoms with van der Waals surface area (Å²) in [6, 6.07) is 6.40. The molecule has 3 aromatic rings. The van der Waals surface area contributed by atoms with Gasteiger partial charge in [0.25, 0.3) is 0 Å². The molecule has 1 N–H and O–H groups in total. The van der Waals surface area contributed by atoms with Gasteiger partial charge < -0.3 is 14.3 Å². The van der Waals surface area contributed by atoms with Crippen LogP contribution in [0, 0.1) is 0 Å². The topological polar surface area (TPSA) is 64.1 Å². The first-order chi connectivity index (χ1) is 10.9. The summed E-state index contributed by atoms with van der Waals surface area (Å²) in [7, 11) is 0. The van der Waals surface area contributed by atoms with Crippen LogP contribution in [0.5, 0.6) is 0 Å². The molecule has 0 saturated carbocycles. The van der Waals surface area contributed by atoms with Crippen LogP contribution in [0.1, 0.15) is 11.5 Å². The number of aromatic nitrogens is 2. The van der Waals surface area contributed by atoms with E-state index in [1.165, 1.54) is 12.3 Å². The highest BCUT2D eigenvalue weighted by molar-refractivity contribution is 6.33. The molecule has 1 aromatic carbocycles. The van der Waals surface area contributed by atoms with Gasteiger partial charge in [-0.2, -0.15) is 18.2 Å². The summed E-state index contributed by atoms with van der Waals surface area (Å²) in [5.74, 6) is 0.977. The van der Waals surface area contributed by atoms with Gasteiger partial charge in [0.15, 0.2) is 5.76 Å². The fourth-order valence-electron chi connectivity index (χ4n) is 1.84. The molecule has 0 aliphatic rings. The predicted molar refractivity (Wildman–Crippen MR) is 75.8 cm³/mol. The maximum Gasteiger partial charge on any atom is 0.416 e. The van der Waals surface area contributed by atoms with Gasteiger partial charge in [-0.1, -0.05) is 16.8 Å². The molecule has 120 valence electrons. The Balaban J connectivity index is 1.69. The quantitative estimate of drug-likeness (QED) is 0.749. The van der Waals surface area contributed by atoms with E-state index in [-0.39, 0.29) is 23.3 Å². The number of benzene rings is 1. The van der Waals surface area contributed by atoms with Gasteiger partial charge in [-0.3, -0.25) is 0 Å². The second-order valence-electron chi connectivity index (χ2n) is 4.53. The maximum atomic E-state index is 12.6. The van der Waals surface area contributed by atoms with Gasteiger partial charge in [-0.15, -0.1) is 0 Å². The lowest BCUT2D eigenvalue weighted by molar-refractivity contribution is -0.137. The molecule has 0 radical (unpaired) electrons. The van der Waals surface area contributed by atoms with Crippen molar-refractivity contribution in [2.45, 2.75) is 12.7 Å². The van der Waals surface area contributed by atoms with Gasteiger partial charge in [0, 0.05) is 0 Å². The minimum atomic E-state index is -4.44. The molecular weight excluding hydrogens is 335 g/mol. The SMILES string of the molecule is FC(F)(F)c1ccc(NCc2nc(-c3ccco3)no2)c(Cl)c1. The molecular formula is C14H9ClF3N3O2. The third-order valence-corrected chi connectivity index (χ3v) is 3.25. The lowest BCUT2D eigenvalue weighted by Gasteiger charge is -2.10. The summed E-state index contributed by atoms with van der Waals surface area (Å²) in [5, 5.41) is 6.53. The summed E-state index contributed by atoms with van der Waals surface area (Å²) in [4.78, 5) is 4.10. The van der Waals surface area contributed by atoms with Crippen molar-refractivity contribution < 1.29 is 22.1 Å². The largest absolute Gasteiger partial charge is 0.461 e. The first-order valence-corrected chi connectivity index (χ1v) is 6.78. The first kappa shape index (κ1) is 15.4. The molecule has 5 nitrogen and oxygen atoms in total. The zero-order valence-electron chi connectivity index (χ0n) is 11.4. The van der Waals surface area contributed by atoms with Crippen LogP contribution in [0.3, 0.4) is 0 Å². The van der Waals surface area contributed by atoms with E-state index >= 15 is 0 Å². The summed E-state index contributed by atoms with van der Waals surface area (Å²) < 4.78 is 47.8. The molecule has 23 heavy (non-hydrogen) atoms.